The van der Waals surface area contributed by atoms with Gasteiger partial charge in [-0.25, -0.2) is 0 Å². The first-order chi connectivity index (χ1) is 9.72. The molecule has 2 nitrogen and oxygen atoms in total. The monoisotopic (exact) mass is 277 g/mol. The Balaban J connectivity index is 2.60. The smallest absolute Gasteiger partial charge is 0.123 e. The molecule has 0 fully saturated rings. The van der Waals surface area contributed by atoms with Gasteiger partial charge in [-0.15, -0.1) is 0 Å². The zero-order chi connectivity index (χ0) is 14.8. The highest BCUT2D eigenvalue weighted by molar-refractivity contribution is 5.36. The van der Waals surface area contributed by atoms with E-state index in [9.17, 15) is 0 Å². The van der Waals surface area contributed by atoms with Crippen LogP contribution in [-0.4, -0.2) is 19.2 Å². The van der Waals surface area contributed by atoms with E-state index in [1.807, 2.05) is 0 Å². The van der Waals surface area contributed by atoms with Crippen LogP contribution in [0.25, 0.3) is 0 Å². The molecule has 0 bridgehead atoms. The van der Waals surface area contributed by atoms with E-state index in [2.05, 4.69) is 57.3 Å². The minimum absolute atomic E-state index is 0.261. The molecule has 20 heavy (non-hydrogen) atoms. The highest BCUT2D eigenvalue weighted by Gasteiger charge is 2.13. The topological polar surface area (TPSA) is 21.3 Å². The van der Waals surface area contributed by atoms with E-state index >= 15 is 0 Å². The van der Waals surface area contributed by atoms with E-state index in [0.29, 0.717) is 5.92 Å². The lowest BCUT2D eigenvalue weighted by molar-refractivity contribution is 0.191. The molecular formula is C18H31NO. The Morgan fingerprint density at radius 3 is 2.50 bits per heavy atom. The van der Waals surface area contributed by atoms with Gasteiger partial charge in [0.1, 0.15) is 11.9 Å². The fourth-order valence-corrected chi connectivity index (χ4v) is 2.23. The molecule has 0 aliphatic rings. The van der Waals surface area contributed by atoms with Crippen molar-refractivity contribution >= 4 is 0 Å². The molecule has 1 rings (SSSR count). The van der Waals surface area contributed by atoms with Gasteiger partial charge >= 0.3 is 0 Å². The van der Waals surface area contributed by atoms with Gasteiger partial charge in [0, 0.05) is 6.54 Å². The molecule has 1 aromatic carbocycles. The molecule has 1 N–H and O–H groups in total. The Kier molecular flexibility index (Phi) is 8.36. The van der Waals surface area contributed by atoms with Crippen LogP contribution in [0, 0.1) is 0 Å². The van der Waals surface area contributed by atoms with Gasteiger partial charge in [0.25, 0.3) is 0 Å². The van der Waals surface area contributed by atoms with E-state index in [-0.39, 0.29) is 6.10 Å². The van der Waals surface area contributed by atoms with E-state index in [1.54, 1.807) is 0 Å². The van der Waals surface area contributed by atoms with Crippen LogP contribution in [-0.2, 0) is 0 Å². The summed E-state index contributed by atoms with van der Waals surface area (Å²) >= 11 is 0. The van der Waals surface area contributed by atoms with Crippen LogP contribution in [0.4, 0.5) is 0 Å². The third kappa shape index (κ3) is 5.54. The average Bonchev–Trinajstić information content (AvgIpc) is 2.50. The summed E-state index contributed by atoms with van der Waals surface area (Å²) in [6, 6.07) is 8.48. The molecule has 0 saturated heterocycles. The molecule has 0 radical (unpaired) electrons. The summed E-state index contributed by atoms with van der Waals surface area (Å²) in [6.45, 7) is 10.9. The maximum Gasteiger partial charge on any atom is 0.123 e. The summed E-state index contributed by atoms with van der Waals surface area (Å²) in [5.74, 6) is 1.61. The third-order valence-electron chi connectivity index (χ3n) is 3.89. The van der Waals surface area contributed by atoms with Crippen molar-refractivity contribution in [1.82, 2.24) is 5.32 Å². The van der Waals surface area contributed by atoms with Crippen molar-refractivity contribution in [1.29, 1.82) is 0 Å². The Morgan fingerprint density at radius 2 is 1.85 bits per heavy atom. The minimum atomic E-state index is 0.261. The highest BCUT2D eigenvalue weighted by atomic mass is 16.5. The molecule has 0 amide bonds. The van der Waals surface area contributed by atoms with Crippen molar-refractivity contribution in [2.45, 2.75) is 65.4 Å². The van der Waals surface area contributed by atoms with Gasteiger partial charge in [0.15, 0.2) is 0 Å². The number of hydrogen-bond acceptors (Lipinski definition) is 2. The molecule has 2 atom stereocenters. The summed E-state index contributed by atoms with van der Waals surface area (Å²) in [5, 5.41) is 3.50. The van der Waals surface area contributed by atoms with Gasteiger partial charge in [-0.3, -0.25) is 0 Å². The van der Waals surface area contributed by atoms with Gasteiger partial charge < -0.3 is 10.1 Å². The van der Waals surface area contributed by atoms with Crippen LogP contribution >= 0.6 is 0 Å². The van der Waals surface area contributed by atoms with Crippen LogP contribution in [0.15, 0.2) is 24.3 Å². The molecule has 0 saturated carbocycles. The van der Waals surface area contributed by atoms with Crippen molar-refractivity contribution in [3.8, 4) is 5.75 Å². The second-order valence-electron chi connectivity index (χ2n) is 5.55. The fraction of sp³-hybridized carbons (Fsp3) is 0.667. The lowest BCUT2D eigenvalue weighted by atomic mass is 9.98. The maximum atomic E-state index is 6.24. The summed E-state index contributed by atoms with van der Waals surface area (Å²) in [6.07, 6.45) is 4.92. The quantitative estimate of drug-likeness (QED) is 0.623. The van der Waals surface area contributed by atoms with Gasteiger partial charge in [-0.1, -0.05) is 52.3 Å². The molecule has 114 valence electrons. The van der Waals surface area contributed by atoms with Crippen molar-refractivity contribution in [2.24, 2.45) is 0 Å². The number of hydrogen-bond donors (Lipinski definition) is 1. The van der Waals surface area contributed by atoms with Crippen molar-refractivity contribution in [3.63, 3.8) is 0 Å². The first-order valence-corrected chi connectivity index (χ1v) is 8.19. The molecule has 0 aliphatic carbocycles. The number of benzene rings is 1. The molecule has 1 aromatic rings. The van der Waals surface area contributed by atoms with Gasteiger partial charge in [0.05, 0.1) is 0 Å². The first kappa shape index (κ1) is 17.0. The second kappa shape index (κ2) is 9.82. The molecule has 0 spiro atoms. The Morgan fingerprint density at radius 1 is 1.10 bits per heavy atom. The fourth-order valence-electron chi connectivity index (χ4n) is 2.23. The Labute approximate surface area is 124 Å². The number of ether oxygens (including phenoxy) is 1. The Bertz CT molecular complexity index is 364. The number of nitrogens with one attached hydrogen (secondary N) is 1. The summed E-state index contributed by atoms with van der Waals surface area (Å²) in [4.78, 5) is 0. The van der Waals surface area contributed by atoms with Crippen LogP contribution < -0.4 is 10.1 Å². The average molecular weight is 277 g/mol. The standard InChI is InChI=1S/C18H31NO/c1-5-8-13-19-14-16(7-3)20-18-12-10-9-11-17(18)15(4)6-2/h9-12,15-16,19H,5-8,13-14H2,1-4H3. The van der Waals surface area contributed by atoms with Gasteiger partial charge in [-0.2, -0.15) is 0 Å². The highest BCUT2D eigenvalue weighted by Crippen LogP contribution is 2.29. The van der Waals surface area contributed by atoms with Crippen molar-refractivity contribution in [3.05, 3.63) is 29.8 Å². The number of unbranched alkanes of at least 4 members (excludes halogenated alkanes) is 1. The zero-order valence-corrected chi connectivity index (χ0v) is 13.6. The van der Waals surface area contributed by atoms with Crippen LogP contribution in [0.3, 0.4) is 0 Å². The SMILES string of the molecule is CCCCNCC(CC)Oc1ccccc1C(C)CC. The number of rotatable bonds is 10. The summed E-state index contributed by atoms with van der Waals surface area (Å²) in [7, 11) is 0. The largest absolute Gasteiger partial charge is 0.489 e. The summed E-state index contributed by atoms with van der Waals surface area (Å²) < 4.78 is 6.24. The zero-order valence-electron chi connectivity index (χ0n) is 13.6. The van der Waals surface area contributed by atoms with Gasteiger partial charge in [0.2, 0.25) is 0 Å². The van der Waals surface area contributed by atoms with Crippen molar-refractivity contribution in [2.75, 3.05) is 13.1 Å². The molecule has 2 unspecified atom stereocenters. The molecule has 0 aliphatic heterocycles. The third-order valence-corrected chi connectivity index (χ3v) is 3.89. The second-order valence-corrected chi connectivity index (χ2v) is 5.55. The molecule has 0 aromatic heterocycles. The van der Waals surface area contributed by atoms with Crippen LogP contribution in [0.1, 0.15) is 64.9 Å². The van der Waals surface area contributed by atoms with Crippen LogP contribution in [0.2, 0.25) is 0 Å². The van der Waals surface area contributed by atoms with Crippen molar-refractivity contribution < 1.29 is 4.74 Å². The predicted octanol–water partition coefficient (Wildman–Crippen LogP) is 4.75. The van der Waals surface area contributed by atoms with E-state index < -0.39 is 0 Å². The van der Waals surface area contributed by atoms with E-state index in [1.165, 1.54) is 18.4 Å². The van der Waals surface area contributed by atoms with Gasteiger partial charge in [-0.05, 0) is 43.4 Å². The molecule has 0 heterocycles. The normalized spacial score (nSPS) is 14.0. The van der Waals surface area contributed by atoms with Crippen LogP contribution in [0.5, 0.6) is 5.75 Å². The Hall–Kier alpha value is -1.02. The summed E-state index contributed by atoms with van der Waals surface area (Å²) in [5.41, 5.74) is 1.34. The molecular weight excluding hydrogens is 246 g/mol. The predicted molar refractivity (Wildman–Crippen MR) is 87.6 cm³/mol. The lowest BCUT2D eigenvalue weighted by Crippen LogP contribution is -2.31. The van der Waals surface area contributed by atoms with E-state index in [0.717, 1.165) is 31.7 Å². The first-order valence-electron chi connectivity index (χ1n) is 8.19. The molecule has 2 heteroatoms. The van der Waals surface area contributed by atoms with E-state index in [4.69, 9.17) is 4.74 Å². The lowest BCUT2D eigenvalue weighted by Gasteiger charge is -2.22. The maximum absolute atomic E-state index is 6.24. The minimum Gasteiger partial charge on any atom is -0.489 e. The number of para-hydroxylation sites is 1.